The molecule has 4 unspecified atom stereocenters. The van der Waals surface area contributed by atoms with Gasteiger partial charge in [-0.1, -0.05) is 40.5 Å². The predicted molar refractivity (Wildman–Crippen MR) is 92.7 cm³/mol. The lowest BCUT2D eigenvalue weighted by Gasteiger charge is -2.41. The molecule has 1 heterocycles. The molecule has 3 heteroatoms. The lowest BCUT2D eigenvalue weighted by atomic mass is 9.69. The highest BCUT2D eigenvalue weighted by atomic mass is 16.1. The molecule has 0 aromatic carbocycles. The Balaban J connectivity index is 1.84. The fourth-order valence-electron chi connectivity index (χ4n) is 4.43. The van der Waals surface area contributed by atoms with Crippen LogP contribution in [0.15, 0.2) is 0 Å². The summed E-state index contributed by atoms with van der Waals surface area (Å²) in [7, 11) is 0. The predicted octanol–water partition coefficient (Wildman–Crippen LogP) is 3.73. The second-order valence-corrected chi connectivity index (χ2v) is 8.72. The van der Waals surface area contributed by atoms with Crippen LogP contribution in [0.25, 0.3) is 0 Å². The molecule has 0 bridgehead atoms. The zero-order chi connectivity index (χ0) is 16.2. The minimum atomic E-state index is 0.277. The fraction of sp³-hybridized carbons (Fsp3) is 0.947. The maximum atomic E-state index is 12.5. The van der Waals surface area contributed by atoms with E-state index in [0.717, 1.165) is 19.5 Å². The summed E-state index contributed by atoms with van der Waals surface area (Å²) in [6.45, 7) is 11.4. The average molecular weight is 309 g/mol. The van der Waals surface area contributed by atoms with Crippen molar-refractivity contribution in [3.8, 4) is 0 Å². The molecule has 2 N–H and O–H groups in total. The monoisotopic (exact) mass is 308 g/mol. The van der Waals surface area contributed by atoms with Crippen molar-refractivity contribution in [3.63, 3.8) is 0 Å². The van der Waals surface area contributed by atoms with Crippen molar-refractivity contribution >= 4 is 5.91 Å². The van der Waals surface area contributed by atoms with Crippen molar-refractivity contribution in [3.05, 3.63) is 0 Å². The third-order valence-electron chi connectivity index (χ3n) is 5.87. The first kappa shape index (κ1) is 17.8. The van der Waals surface area contributed by atoms with Crippen molar-refractivity contribution in [1.82, 2.24) is 10.6 Å². The number of hydrogen-bond acceptors (Lipinski definition) is 2. The molecule has 0 aromatic heterocycles. The number of carbonyl (C=O) groups excluding carboxylic acids is 1. The Morgan fingerprint density at radius 1 is 1.18 bits per heavy atom. The molecule has 1 aliphatic carbocycles. The molecule has 22 heavy (non-hydrogen) atoms. The van der Waals surface area contributed by atoms with E-state index in [2.05, 4.69) is 38.3 Å². The van der Waals surface area contributed by atoms with Crippen LogP contribution < -0.4 is 10.6 Å². The highest BCUT2D eigenvalue weighted by Crippen LogP contribution is 2.38. The molecule has 2 fully saturated rings. The molecule has 4 atom stereocenters. The van der Waals surface area contributed by atoms with Crippen LogP contribution in [0.2, 0.25) is 0 Å². The quantitative estimate of drug-likeness (QED) is 0.831. The maximum absolute atomic E-state index is 12.5. The Kier molecular flexibility index (Phi) is 6.31. The van der Waals surface area contributed by atoms with Gasteiger partial charge >= 0.3 is 0 Å². The third kappa shape index (κ3) is 4.97. The summed E-state index contributed by atoms with van der Waals surface area (Å²) in [5.74, 6) is 2.06. The van der Waals surface area contributed by atoms with Gasteiger partial charge in [0, 0.05) is 12.5 Å². The molecule has 1 aliphatic heterocycles. The van der Waals surface area contributed by atoms with E-state index >= 15 is 0 Å². The molecular formula is C19H36N2O. The molecule has 0 spiro atoms. The molecule has 2 rings (SSSR count). The second kappa shape index (κ2) is 7.81. The average Bonchev–Trinajstić information content (AvgIpc) is 2.47. The van der Waals surface area contributed by atoms with Gasteiger partial charge in [0.05, 0.1) is 0 Å². The minimum absolute atomic E-state index is 0.277. The summed E-state index contributed by atoms with van der Waals surface area (Å²) >= 11 is 0. The van der Waals surface area contributed by atoms with E-state index in [1.165, 1.54) is 32.1 Å². The Bertz CT molecular complexity index is 355. The van der Waals surface area contributed by atoms with E-state index in [4.69, 9.17) is 0 Å². The van der Waals surface area contributed by atoms with Crippen molar-refractivity contribution in [2.24, 2.45) is 23.2 Å². The zero-order valence-electron chi connectivity index (χ0n) is 15.1. The first-order valence-corrected chi connectivity index (χ1v) is 9.38. The van der Waals surface area contributed by atoms with Gasteiger partial charge in [0.2, 0.25) is 5.91 Å². The van der Waals surface area contributed by atoms with Gasteiger partial charge < -0.3 is 10.6 Å². The summed E-state index contributed by atoms with van der Waals surface area (Å²) in [5, 5.41) is 6.85. The number of rotatable bonds is 4. The van der Waals surface area contributed by atoms with E-state index in [0.29, 0.717) is 30.2 Å². The van der Waals surface area contributed by atoms with Crippen LogP contribution in [0, 0.1) is 23.2 Å². The van der Waals surface area contributed by atoms with Gasteiger partial charge in [0.25, 0.3) is 0 Å². The smallest absolute Gasteiger partial charge is 0.220 e. The Morgan fingerprint density at radius 2 is 1.91 bits per heavy atom. The molecule has 1 saturated heterocycles. The van der Waals surface area contributed by atoms with E-state index in [1.807, 2.05) is 0 Å². The fourth-order valence-corrected chi connectivity index (χ4v) is 4.43. The van der Waals surface area contributed by atoms with E-state index in [9.17, 15) is 4.79 Å². The summed E-state index contributed by atoms with van der Waals surface area (Å²) < 4.78 is 0. The van der Waals surface area contributed by atoms with Crippen LogP contribution in [-0.2, 0) is 4.79 Å². The first-order chi connectivity index (χ1) is 10.4. The maximum Gasteiger partial charge on any atom is 0.220 e. The van der Waals surface area contributed by atoms with Gasteiger partial charge in [-0.25, -0.2) is 0 Å². The van der Waals surface area contributed by atoms with Crippen LogP contribution in [-0.4, -0.2) is 25.0 Å². The number of nitrogens with one attached hydrogen (secondary N) is 2. The number of carbonyl (C=O) groups is 1. The Hall–Kier alpha value is -0.570. The van der Waals surface area contributed by atoms with Gasteiger partial charge in [-0.3, -0.25) is 4.79 Å². The first-order valence-electron chi connectivity index (χ1n) is 9.38. The largest absolute Gasteiger partial charge is 0.353 e. The SMILES string of the molecule is CC(CC(=O)NC1CCCCC1C(C)(C)C)C1CCCNC1. The summed E-state index contributed by atoms with van der Waals surface area (Å²) in [4.78, 5) is 12.5. The standard InChI is InChI=1S/C19H36N2O/c1-14(15-8-7-11-20-13-15)12-18(22)21-17-10-6-5-9-16(17)19(2,3)4/h14-17,20H,5-13H2,1-4H3,(H,21,22). The highest BCUT2D eigenvalue weighted by molar-refractivity contribution is 5.76. The van der Waals surface area contributed by atoms with Gasteiger partial charge in [-0.2, -0.15) is 0 Å². The number of amides is 1. The van der Waals surface area contributed by atoms with Crippen molar-refractivity contribution < 1.29 is 4.79 Å². The molecule has 2 aliphatic rings. The van der Waals surface area contributed by atoms with Crippen LogP contribution in [0.1, 0.15) is 72.6 Å². The lowest BCUT2D eigenvalue weighted by Crippen LogP contribution is -2.47. The molecule has 128 valence electrons. The minimum Gasteiger partial charge on any atom is -0.353 e. The second-order valence-electron chi connectivity index (χ2n) is 8.72. The van der Waals surface area contributed by atoms with E-state index in [-0.39, 0.29) is 11.3 Å². The Morgan fingerprint density at radius 3 is 2.55 bits per heavy atom. The molecule has 1 amide bonds. The van der Waals surface area contributed by atoms with Crippen LogP contribution in [0.3, 0.4) is 0 Å². The van der Waals surface area contributed by atoms with Crippen LogP contribution >= 0.6 is 0 Å². The lowest BCUT2D eigenvalue weighted by molar-refractivity contribution is -0.124. The Labute approximate surface area is 137 Å². The van der Waals surface area contributed by atoms with Crippen molar-refractivity contribution in [1.29, 1.82) is 0 Å². The topological polar surface area (TPSA) is 41.1 Å². The van der Waals surface area contributed by atoms with Crippen LogP contribution in [0.5, 0.6) is 0 Å². The van der Waals surface area contributed by atoms with Crippen molar-refractivity contribution in [2.45, 2.75) is 78.7 Å². The van der Waals surface area contributed by atoms with Crippen molar-refractivity contribution in [2.75, 3.05) is 13.1 Å². The van der Waals surface area contributed by atoms with E-state index < -0.39 is 0 Å². The number of hydrogen-bond donors (Lipinski definition) is 2. The van der Waals surface area contributed by atoms with Crippen LogP contribution in [0.4, 0.5) is 0 Å². The zero-order valence-corrected chi connectivity index (χ0v) is 15.1. The normalized spacial score (nSPS) is 31.5. The number of piperidine rings is 1. The molecular weight excluding hydrogens is 272 g/mol. The molecule has 0 aromatic rings. The van der Waals surface area contributed by atoms with Gasteiger partial charge in [-0.15, -0.1) is 0 Å². The molecule has 0 radical (unpaired) electrons. The summed E-state index contributed by atoms with van der Waals surface area (Å²) in [6.07, 6.45) is 8.22. The van der Waals surface area contributed by atoms with Gasteiger partial charge in [0.1, 0.15) is 0 Å². The summed E-state index contributed by atoms with van der Waals surface area (Å²) in [5.41, 5.74) is 0.289. The molecule has 1 saturated carbocycles. The third-order valence-corrected chi connectivity index (χ3v) is 5.87. The summed E-state index contributed by atoms with van der Waals surface area (Å²) in [6, 6.07) is 0.387. The van der Waals surface area contributed by atoms with Gasteiger partial charge in [-0.05, 0) is 61.9 Å². The molecule has 3 nitrogen and oxygen atoms in total. The van der Waals surface area contributed by atoms with E-state index in [1.54, 1.807) is 0 Å². The van der Waals surface area contributed by atoms with Gasteiger partial charge in [0.15, 0.2) is 0 Å². The highest BCUT2D eigenvalue weighted by Gasteiger charge is 2.35.